The number of fused-ring (bicyclic) bond motifs is 5. The average molecular weight is 644 g/mol. The van der Waals surface area contributed by atoms with Crippen LogP contribution in [0, 0.1) is 16.2 Å². The minimum absolute atomic E-state index is 0.0882. The molecule has 4 aromatic rings. The van der Waals surface area contributed by atoms with Gasteiger partial charge in [-0.2, -0.15) is 0 Å². The normalized spacial score (nSPS) is 20.4. The Morgan fingerprint density at radius 3 is 2.14 bits per heavy atom. The highest BCUT2D eigenvalue weighted by Crippen LogP contribution is 2.46. The van der Waals surface area contributed by atoms with Crippen molar-refractivity contribution in [1.29, 1.82) is 0 Å². The van der Waals surface area contributed by atoms with Crippen LogP contribution in [0.1, 0.15) is 96.9 Å². The first-order chi connectivity index (χ1) is 23.4. The lowest BCUT2D eigenvalue weighted by Gasteiger charge is -2.40. The lowest BCUT2D eigenvalue weighted by atomic mass is 9.65. The molecule has 1 heterocycles. The monoisotopic (exact) mass is 643 g/mol. The molecule has 0 amide bonds. The van der Waals surface area contributed by atoms with Gasteiger partial charge in [0.25, 0.3) is 0 Å². The van der Waals surface area contributed by atoms with E-state index in [1.165, 1.54) is 67.8 Å². The molecule has 7 rings (SSSR count). The molecule has 1 unspecified atom stereocenters. The van der Waals surface area contributed by atoms with Gasteiger partial charge in [-0.3, -0.25) is 4.99 Å². The first-order valence-electron chi connectivity index (χ1n) is 18.1. The van der Waals surface area contributed by atoms with Gasteiger partial charge >= 0.3 is 0 Å². The highest BCUT2D eigenvalue weighted by molar-refractivity contribution is 5.90. The Morgan fingerprint density at radius 2 is 1.43 bits per heavy atom. The second kappa shape index (κ2) is 13.4. The van der Waals surface area contributed by atoms with Crippen LogP contribution < -0.4 is 10.6 Å². The highest BCUT2D eigenvalue weighted by Gasteiger charge is 2.36. The Labute approximate surface area is 294 Å². The largest absolute Gasteiger partial charge is 0.251 e. The van der Waals surface area contributed by atoms with E-state index in [1.807, 2.05) is 0 Å². The number of hydrogen-bond donors (Lipinski definition) is 0. The predicted molar refractivity (Wildman–Crippen MR) is 213 cm³/mol. The quantitative estimate of drug-likeness (QED) is 0.205. The Balaban J connectivity index is 0.000000365. The van der Waals surface area contributed by atoms with Gasteiger partial charge in [0, 0.05) is 16.0 Å². The van der Waals surface area contributed by atoms with Gasteiger partial charge in [0.15, 0.2) is 0 Å². The lowest BCUT2D eigenvalue weighted by Crippen LogP contribution is -2.39. The number of benzene rings is 4. The third-order valence-electron chi connectivity index (χ3n) is 12.5. The minimum Gasteiger partial charge on any atom is -0.251 e. The van der Waals surface area contributed by atoms with E-state index < -0.39 is 0 Å². The summed E-state index contributed by atoms with van der Waals surface area (Å²) in [5.41, 5.74) is 12.0. The first-order valence-corrected chi connectivity index (χ1v) is 18.1. The van der Waals surface area contributed by atoms with E-state index in [0.717, 1.165) is 29.5 Å². The van der Waals surface area contributed by atoms with E-state index in [1.54, 1.807) is 0 Å². The van der Waals surface area contributed by atoms with Crippen LogP contribution in [-0.2, 0) is 6.42 Å². The molecule has 0 radical (unpaired) electrons. The van der Waals surface area contributed by atoms with Crippen LogP contribution in [0.4, 0.5) is 0 Å². The van der Waals surface area contributed by atoms with Crippen molar-refractivity contribution >= 4 is 33.1 Å². The molecule has 1 atom stereocenters. The SMILES string of the molecule is C=C1/C=C\C(c2ccc3ccc4c(c3c2)=NC2=CC(c3ccccc3)=CCC2(C)C=4C)=C/Cc2ccccc21.CCC(C)(C)C(C)(C)CC. The summed E-state index contributed by atoms with van der Waals surface area (Å²) >= 11 is 0. The molecule has 1 aliphatic heterocycles. The summed E-state index contributed by atoms with van der Waals surface area (Å²) in [5.74, 6) is 0. The second-order valence-electron chi connectivity index (χ2n) is 15.6. The fourth-order valence-corrected chi connectivity index (χ4v) is 7.19. The summed E-state index contributed by atoms with van der Waals surface area (Å²) in [7, 11) is 0. The molecule has 1 nitrogen and oxygen atoms in total. The van der Waals surface area contributed by atoms with Crippen molar-refractivity contribution in [2.45, 2.75) is 81.1 Å². The molecule has 0 bridgehead atoms. The van der Waals surface area contributed by atoms with Crippen molar-refractivity contribution in [3.8, 4) is 0 Å². The summed E-state index contributed by atoms with van der Waals surface area (Å²) in [6, 6.07) is 30.5. The maximum Gasteiger partial charge on any atom is 0.0783 e. The number of nitrogens with zero attached hydrogens (tertiary/aromatic N) is 1. The molecule has 1 heteroatoms. The van der Waals surface area contributed by atoms with Crippen molar-refractivity contribution in [1.82, 2.24) is 0 Å². The summed E-state index contributed by atoms with van der Waals surface area (Å²) < 4.78 is 0. The summed E-state index contributed by atoms with van der Waals surface area (Å²) in [5, 5.41) is 4.78. The molecule has 0 aromatic heterocycles. The van der Waals surface area contributed by atoms with Gasteiger partial charge in [0.2, 0.25) is 0 Å². The fraction of sp³-hybridized carbons (Fsp3) is 0.312. The molecule has 250 valence electrons. The molecule has 4 aromatic carbocycles. The molecule has 49 heavy (non-hydrogen) atoms. The van der Waals surface area contributed by atoms with Gasteiger partial charge in [0.05, 0.1) is 11.1 Å². The fourth-order valence-electron chi connectivity index (χ4n) is 7.19. The highest BCUT2D eigenvalue weighted by atomic mass is 14.8. The Kier molecular flexibility index (Phi) is 9.42. The van der Waals surface area contributed by atoms with E-state index in [2.05, 4.69) is 177 Å². The van der Waals surface area contributed by atoms with Crippen LogP contribution in [0.15, 0.2) is 133 Å². The van der Waals surface area contributed by atoms with Gasteiger partial charge in [-0.15, -0.1) is 0 Å². The lowest BCUT2D eigenvalue weighted by molar-refractivity contribution is 0.0998. The smallest absolute Gasteiger partial charge is 0.0783 e. The van der Waals surface area contributed by atoms with E-state index in [9.17, 15) is 0 Å². The van der Waals surface area contributed by atoms with E-state index in [4.69, 9.17) is 4.99 Å². The van der Waals surface area contributed by atoms with Crippen molar-refractivity contribution in [3.05, 3.63) is 160 Å². The Hall–Kier alpha value is -4.49. The first kappa shape index (κ1) is 34.4. The standard InChI is InChI=1S/C38H31N.C10H22/c1-25-13-14-28(15-16-29-11-7-8-12-33(25)29)31-18-17-30-19-20-34-26(2)38(3)22-21-32(27-9-5-4-6-10-27)24-36(38)39-37(34)35(30)23-31;1-7-9(3,4)10(5,6)8-2/h4-15,17-21,23-24H,1,16,22H2,2-3H3;7-8H2,1-6H3/b14-13-,28-15+;. The van der Waals surface area contributed by atoms with Gasteiger partial charge in [-0.25, -0.2) is 0 Å². The molecule has 0 saturated heterocycles. The topological polar surface area (TPSA) is 12.4 Å². The van der Waals surface area contributed by atoms with Crippen molar-refractivity contribution in [3.63, 3.8) is 0 Å². The van der Waals surface area contributed by atoms with Gasteiger partial charge < -0.3 is 0 Å². The zero-order valence-electron chi connectivity index (χ0n) is 31.0. The zero-order chi connectivity index (χ0) is 35.0. The van der Waals surface area contributed by atoms with Crippen LogP contribution in [0.25, 0.3) is 33.1 Å². The summed E-state index contributed by atoms with van der Waals surface area (Å²) in [6.07, 6.45) is 15.8. The Bertz CT molecular complexity index is 2150. The van der Waals surface area contributed by atoms with Gasteiger partial charge in [-0.1, -0.05) is 170 Å². The van der Waals surface area contributed by atoms with Crippen molar-refractivity contribution in [2.75, 3.05) is 0 Å². The second-order valence-corrected chi connectivity index (χ2v) is 15.6. The molecule has 0 spiro atoms. The zero-order valence-corrected chi connectivity index (χ0v) is 31.0. The molecule has 2 aliphatic carbocycles. The van der Waals surface area contributed by atoms with Gasteiger partial charge in [0.1, 0.15) is 0 Å². The Morgan fingerprint density at radius 1 is 0.755 bits per heavy atom. The molecule has 0 N–H and O–H groups in total. The van der Waals surface area contributed by atoms with E-state index >= 15 is 0 Å². The molecule has 3 aliphatic rings. The number of hydrogen-bond acceptors (Lipinski definition) is 1. The molecular formula is C48H53N. The minimum atomic E-state index is -0.0882. The predicted octanol–water partition coefficient (Wildman–Crippen LogP) is 12.1. The molecule has 0 fully saturated rings. The summed E-state index contributed by atoms with van der Waals surface area (Å²) in [4.78, 5) is 5.40. The number of allylic oxidation sites excluding steroid dienone is 9. The van der Waals surface area contributed by atoms with Crippen LogP contribution in [0.5, 0.6) is 0 Å². The van der Waals surface area contributed by atoms with Crippen LogP contribution in [0.3, 0.4) is 0 Å². The third-order valence-corrected chi connectivity index (χ3v) is 12.5. The number of rotatable bonds is 5. The maximum absolute atomic E-state index is 5.40. The van der Waals surface area contributed by atoms with Crippen LogP contribution >= 0.6 is 0 Å². The summed E-state index contributed by atoms with van der Waals surface area (Å²) in [6.45, 7) is 22.9. The van der Waals surface area contributed by atoms with Crippen LogP contribution in [-0.4, -0.2) is 0 Å². The van der Waals surface area contributed by atoms with Gasteiger partial charge in [-0.05, 0) is 94.0 Å². The van der Waals surface area contributed by atoms with Crippen molar-refractivity contribution in [2.24, 2.45) is 21.2 Å². The van der Waals surface area contributed by atoms with Crippen molar-refractivity contribution < 1.29 is 0 Å². The van der Waals surface area contributed by atoms with E-state index in [0.29, 0.717) is 10.8 Å². The van der Waals surface area contributed by atoms with E-state index in [-0.39, 0.29) is 5.41 Å². The average Bonchev–Trinajstić information content (AvgIpc) is 3.11. The van der Waals surface area contributed by atoms with Crippen LogP contribution in [0.2, 0.25) is 0 Å². The molecular weight excluding hydrogens is 591 g/mol. The maximum atomic E-state index is 5.40. The molecule has 0 saturated carbocycles. The third kappa shape index (κ3) is 6.49.